The first-order valence-electron chi connectivity index (χ1n) is 6.35. The van der Waals surface area contributed by atoms with Crippen molar-refractivity contribution >= 4 is 15.9 Å². The Morgan fingerprint density at radius 1 is 1.39 bits per heavy atom. The van der Waals surface area contributed by atoms with E-state index in [2.05, 4.69) is 46.4 Å². The Bertz CT molecular complexity index is 403. The zero-order valence-corrected chi connectivity index (χ0v) is 12.3. The number of nitrogens with one attached hydrogen (secondary N) is 1. The van der Waals surface area contributed by atoms with Crippen molar-refractivity contribution in [3.8, 4) is 0 Å². The molecule has 0 spiro atoms. The van der Waals surface area contributed by atoms with E-state index in [0.29, 0.717) is 19.8 Å². The molecule has 0 atom stereocenters. The maximum Gasteiger partial charge on any atom is 0.0815 e. The van der Waals surface area contributed by atoms with Crippen LogP contribution in [0.15, 0.2) is 22.7 Å². The summed E-state index contributed by atoms with van der Waals surface area (Å²) in [6.07, 6.45) is 1.43. The molecule has 0 amide bonds. The fourth-order valence-corrected chi connectivity index (χ4v) is 2.79. The average Bonchev–Trinajstić information content (AvgIpc) is 2.33. The van der Waals surface area contributed by atoms with Gasteiger partial charge in [-0.05, 0) is 24.1 Å². The standard InChI is InChI=1S/C14H20BrNO2/c1-11-2-3-12(13(15)8-11)9-16-10-14(17)4-6-18-7-5-14/h2-3,8,16-17H,4-7,9-10H2,1H3. The van der Waals surface area contributed by atoms with Gasteiger partial charge in [-0.1, -0.05) is 28.1 Å². The van der Waals surface area contributed by atoms with Crippen LogP contribution in [0, 0.1) is 6.92 Å². The topological polar surface area (TPSA) is 41.5 Å². The van der Waals surface area contributed by atoms with Crippen LogP contribution >= 0.6 is 15.9 Å². The number of halogens is 1. The molecule has 1 fully saturated rings. The molecule has 1 aliphatic rings. The van der Waals surface area contributed by atoms with Crippen molar-refractivity contribution in [3.05, 3.63) is 33.8 Å². The van der Waals surface area contributed by atoms with Crippen LogP contribution in [0.2, 0.25) is 0 Å². The van der Waals surface area contributed by atoms with E-state index in [0.717, 1.165) is 23.9 Å². The molecule has 0 aromatic heterocycles. The molecular formula is C14H20BrNO2. The van der Waals surface area contributed by atoms with E-state index in [1.165, 1.54) is 11.1 Å². The highest BCUT2D eigenvalue weighted by Crippen LogP contribution is 2.21. The maximum absolute atomic E-state index is 10.3. The van der Waals surface area contributed by atoms with Crippen molar-refractivity contribution in [2.24, 2.45) is 0 Å². The Balaban J connectivity index is 1.84. The number of benzene rings is 1. The molecule has 0 unspecified atom stereocenters. The second-order valence-corrected chi connectivity index (χ2v) is 5.89. The van der Waals surface area contributed by atoms with E-state index >= 15 is 0 Å². The molecule has 2 N–H and O–H groups in total. The van der Waals surface area contributed by atoms with Gasteiger partial charge in [0.25, 0.3) is 0 Å². The molecule has 0 saturated carbocycles. The summed E-state index contributed by atoms with van der Waals surface area (Å²) in [6.45, 7) is 4.78. The van der Waals surface area contributed by atoms with Crippen LogP contribution in [0.4, 0.5) is 0 Å². The summed E-state index contributed by atoms with van der Waals surface area (Å²) in [5.74, 6) is 0. The minimum atomic E-state index is -0.602. The summed E-state index contributed by atoms with van der Waals surface area (Å²) < 4.78 is 6.39. The third-order valence-corrected chi connectivity index (χ3v) is 4.14. The summed E-state index contributed by atoms with van der Waals surface area (Å²) in [5.41, 5.74) is 1.86. The first-order valence-corrected chi connectivity index (χ1v) is 7.14. The van der Waals surface area contributed by atoms with Gasteiger partial charge in [-0.3, -0.25) is 0 Å². The van der Waals surface area contributed by atoms with Crippen LogP contribution in [0.25, 0.3) is 0 Å². The first kappa shape index (κ1) is 14.0. The highest BCUT2D eigenvalue weighted by Gasteiger charge is 2.29. The Kier molecular flexibility index (Phi) is 4.78. The van der Waals surface area contributed by atoms with Gasteiger partial charge in [0, 0.05) is 43.6 Å². The van der Waals surface area contributed by atoms with E-state index in [1.54, 1.807) is 0 Å². The van der Waals surface area contributed by atoms with Crippen molar-refractivity contribution in [1.82, 2.24) is 5.32 Å². The zero-order chi connectivity index (χ0) is 13.0. The van der Waals surface area contributed by atoms with Crippen LogP contribution in [-0.4, -0.2) is 30.5 Å². The molecule has 1 aliphatic heterocycles. The van der Waals surface area contributed by atoms with Crippen LogP contribution in [0.1, 0.15) is 24.0 Å². The largest absolute Gasteiger partial charge is 0.388 e. The second-order valence-electron chi connectivity index (χ2n) is 5.04. The van der Waals surface area contributed by atoms with E-state index < -0.39 is 5.60 Å². The Morgan fingerprint density at radius 3 is 2.78 bits per heavy atom. The summed E-state index contributed by atoms with van der Waals surface area (Å²) in [4.78, 5) is 0. The van der Waals surface area contributed by atoms with Crippen LogP contribution < -0.4 is 5.32 Å². The Labute approximate surface area is 117 Å². The number of hydrogen-bond donors (Lipinski definition) is 2. The zero-order valence-electron chi connectivity index (χ0n) is 10.7. The molecule has 100 valence electrons. The molecule has 4 heteroatoms. The van der Waals surface area contributed by atoms with Crippen LogP contribution in [0.3, 0.4) is 0 Å². The van der Waals surface area contributed by atoms with Gasteiger partial charge in [0.15, 0.2) is 0 Å². The predicted octanol–water partition coefficient (Wildman–Crippen LogP) is 2.39. The van der Waals surface area contributed by atoms with Gasteiger partial charge < -0.3 is 15.2 Å². The summed E-state index contributed by atoms with van der Waals surface area (Å²) in [6, 6.07) is 6.32. The maximum atomic E-state index is 10.3. The average molecular weight is 314 g/mol. The normalized spacial score (nSPS) is 18.8. The van der Waals surface area contributed by atoms with Crippen molar-refractivity contribution in [2.45, 2.75) is 31.9 Å². The van der Waals surface area contributed by atoms with E-state index in [4.69, 9.17) is 4.74 Å². The van der Waals surface area contributed by atoms with E-state index in [1.807, 2.05) is 0 Å². The fraction of sp³-hybridized carbons (Fsp3) is 0.571. The molecule has 2 rings (SSSR count). The summed E-state index contributed by atoms with van der Waals surface area (Å²) in [7, 11) is 0. The molecule has 0 aliphatic carbocycles. The van der Waals surface area contributed by atoms with Gasteiger partial charge in [0.1, 0.15) is 0 Å². The number of rotatable bonds is 4. The molecule has 3 nitrogen and oxygen atoms in total. The second kappa shape index (κ2) is 6.15. The van der Waals surface area contributed by atoms with Crippen LogP contribution in [-0.2, 0) is 11.3 Å². The Hall–Kier alpha value is -0.420. The number of aryl methyl sites for hydroxylation is 1. The van der Waals surface area contributed by atoms with Gasteiger partial charge in [0.2, 0.25) is 0 Å². The minimum Gasteiger partial charge on any atom is -0.388 e. The Morgan fingerprint density at radius 2 is 2.11 bits per heavy atom. The van der Waals surface area contributed by atoms with Crippen molar-refractivity contribution in [2.75, 3.05) is 19.8 Å². The first-order chi connectivity index (χ1) is 8.59. The molecule has 0 bridgehead atoms. The monoisotopic (exact) mass is 313 g/mol. The highest BCUT2D eigenvalue weighted by molar-refractivity contribution is 9.10. The van der Waals surface area contributed by atoms with Crippen LogP contribution in [0.5, 0.6) is 0 Å². The van der Waals surface area contributed by atoms with E-state index in [-0.39, 0.29) is 0 Å². The fourth-order valence-electron chi connectivity index (χ4n) is 2.15. The van der Waals surface area contributed by atoms with Crippen molar-refractivity contribution in [3.63, 3.8) is 0 Å². The molecule has 1 aromatic rings. The SMILES string of the molecule is Cc1ccc(CNCC2(O)CCOCC2)c(Br)c1. The van der Waals surface area contributed by atoms with Gasteiger partial charge in [0.05, 0.1) is 5.60 Å². The lowest BCUT2D eigenvalue weighted by molar-refractivity contribution is -0.0617. The minimum absolute atomic E-state index is 0.602. The molecule has 0 radical (unpaired) electrons. The molecule has 1 heterocycles. The summed E-state index contributed by atoms with van der Waals surface area (Å²) >= 11 is 3.56. The lowest BCUT2D eigenvalue weighted by Crippen LogP contribution is -2.44. The lowest BCUT2D eigenvalue weighted by atomic mass is 9.94. The lowest BCUT2D eigenvalue weighted by Gasteiger charge is -2.32. The van der Waals surface area contributed by atoms with Gasteiger partial charge >= 0.3 is 0 Å². The molecule has 1 saturated heterocycles. The molecule has 1 aromatic carbocycles. The molecule has 18 heavy (non-hydrogen) atoms. The third kappa shape index (κ3) is 3.79. The summed E-state index contributed by atoms with van der Waals surface area (Å²) in [5, 5.41) is 13.6. The van der Waals surface area contributed by atoms with E-state index in [9.17, 15) is 5.11 Å². The number of aliphatic hydroxyl groups is 1. The predicted molar refractivity (Wildman–Crippen MR) is 75.6 cm³/mol. The highest BCUT2D eigenvalue weighted by atomic mass is 79.9. The quantitative estimate of drug-likeness (QED) is 0.897. The smallest absolute Gasteiger partial charge is 0.0815 e. The number of hydrogen-bond acceptors (Lipinski definition) is 3. The van der Waals surface area contributed by atoms with Crippen molar-refractivity contribution < 1.29 is 9.84 Å². The molecular weight excluding hydrogens is 294 g/mol. The van der Waals surface area contributed by atoms with Gasteiger partial charge in [-0.25, -0.2) is 0 Å². The number of ether oxygens (including phenoxy) is 1. The van der Waals surface area contributed by atoms with Crippen molar-refractivity contribution in [1.29, 1.82) is 0 Å². The van der Waals surface area contributed by atoms with Gasteiger partial charge in [-0.2, -0.15) is 0 Å². The third-order valence-electron chi connectivity index (χ3n) is 3.40. The van der Waals surface area contributed by atoms with Gasteiger partial charge in [-0.15, -0.1) is 0 Å².